The Morgan fingerprint density at radius 1 is 1.23 bits per heavy atom. The molecule has 4 rings (SSSR count). The second-order valence-corrected chi connectivity index (χ2v) is 6.54. The summed E-state index contributed by atoms with van der Waals surface area (Å²) in [6.07, 6.45) is 2.85. The van der Waals surface area contributed by atoms with E-state index in [0.717, 1.165) is 4.90 Å². The molecule has 8 heteroatoms. The first-order valence-corrected chi connectivity index (χ1v) is 8.06. The molecular weight excluding hydrogens is 342 g/mol. The van der Waals surface area contributed by atoms with Crippen LogP contribution >= 0.6 is 0 Å². The zero-order valence-corrected chi connectivity index (χ0v) is 13.7. The number of carbonyl (C=O) groups is 4. The third-order valence-corrected chi connectivity index (χ3v) is 5.03. The fourth-order valence-corrected chi connectivity index (χ4v) is 3.89. The third kappa shape index (κ3) is 2.19. The molecule has 134 valence electrons. The molecule has 0 aromatic heterocycles. The molecule has 2 saturated heterocycles. The number of amides is 2. The lowest BCUT2D eigenvalue weighted by molar-refractivity contribution is -0.150. The first-order valence-electron chi connectivity index (χ1n) is 8.06. The number of ether oxygens (including phenoxy) is 2. The number of esters is 1. The van der Waals surface area contributed by atoms with Crippen LogP contribution in [0.5, 0.6) is 0 Å². The Hall–Kier alpha value is -3.00. The summed E-state index contributed by atoms with van der Waals surface area (Å²) < 4.78 is 10.9. The molecule has 0 saturated carbocycles. The monoisotopic (exact) mass is 357 g/mol. The van der Waals surface area contributed by atoms with Gasteiger partial charge in [-0.15, -0.1) is 0 Å². The quantitative estimate of drug-likeness (QED) is 0.481. The van der Waals surface area contributed by atoms with Crippen LogP contribution in [0.4, 0.5) is 5.69 Å². The molecule has 0 radical (unpaired) electrons. The van der Waals surface area contributed by atoms with Gasteiger partial charge in [0.2, 0.25) is 11.8 Å². The minimum absolute atomic E-state index is 0.0597. The molecule has 0 aliphatic carbocycles. The lowest BCUT2D eigenvalue weighted by atomic mass is 9.77. The van der Waals surface area contributed by atoms with E-state index in [4.69, 9.17) is 14.6 Å². The summed E-state index contributed by atoms with van der Waals surface area (Å²) in [4.78, 5) is 49.0. The van der Waals surface area contributed by atoms with Gasteiger partial charge in [0.1, 0.15) is 12.2 Å². The maximum absolute atomic E-state index is 13.0. The van der Waals surface area contributed by atoms with Gasteiger partial charge in [0.25, 0.3) is 0 Å². The fourth-order valence-electron chi connectivity index (χ4n) is 3.89. The number of rotatable bonds is 4. The molecule has 26 heavy (non-hydrogen) atoms. The molecule has 1 N–H and O–H groups in total. The molecular formula is C18H15NO7. The van der Waals surface area contributed by atoms with E-state index in [9.17, 15) is 19.2 Å². The first-order chi connectivity index (χ1) is 12.3. The van der Waals surface area contributed by atoms with Crippen molar-refractivity contribution in [3.05, 3.63) is 42.0 Å². The second-order valence-electron chi connectivity index (χ2n) is 6.54. The predicted molar refractivity (Wildman–Crippen MR) is 86.3 cm³/mol. The third-order valence-electron chi connectivity index (χ3n) is 5.03. The largest absolute Gasteiger partial charge is 0.478 e. The van der Waals surface area contributed by atoms with Crippen molar-refractivity contribution in [3.8, 4) is 0 Å². The number of nitrogens with zero attached hydrogens (tertiary/aromatic N) is 1. The molecule has 3 aliphatic heterocycles. The molecule has 1 aromatic rings. The summed E-state index contributed by atoms with van der Waals surface area (Å²) >= 11 is 0. The number of imide groups is 1. The van der Waals surface area contributed by atoms with Gasteiger partial charge in [-0.3, -0.25) is 14.4 Å². The van der Waals surface area contributed by atoms with Crippen LogP contribution < -0.4 is 4.90 Å². The van der Waals surface area contributed by atoms with E-state index >= 15 is 0 Å². The number of fused-ring (bicyclic) bond motifs is 5. The molecule has 0 spiro atoms. The van der Waals surface area contributed by atoms with Crippen LogP contribution in [-0.4, -0.2) is 47.2 Å². The van der Waals surface area contributed by atoms with E-state index in [2.05, 4.69) is 0 Å². The highest BCUT2D eigenvalue weighted by Crippen LogP contribution is 2.52. The maximum Gasteiger partial charge on any atom is 0.335 e. The van der Waals surface area contributed by atoms with Gasteiger partial charge >= 0.3 is 11.9 Å². The Labute approximate surface area is 148 Å². The molecule has 3 aliphatic rings. The molecule has 4 unspecified atom stereocenters. The normalized spacial score (nSPS) is 31.4. The number of hydrogen-bond acceptors (Lipinski definition) is 6. The van der Waals surface area contributed by atoms with Crippen molar-refractivity contribution in [2.45, 2.75) is 18.6 Å². The number of hydrogen-bond donors (Lipinski definition) is 1. The van der Waals surface area contributed by atoms with E-state index in [-0.39, 0.29) is 12.2 Å². The minimum Gasteiger partial charge on any atom is -0.478 e. The highest BCUT2D eigenvalue weighted by molar-refractivity contribution is 6.23. The van der Waals surface area contributed by atoms with Gasteiger partial charge in [-0.25, -0.2) is 9.69 Å². The van der Waals surface area contributed by atoms with Gasteiger partial charge in [-0.1, -0.05) is 6.08 Å². The van der Waals surface area contributed by atoms with Crippen LogP contribution in [-0.2, 0) is 23.9 Å². The Morgan fingerprint density at radius 3 is 2.54 bits per heavy atom. The van der Waals surface area contributed by atoms with Gasteiger partial charge in [0.15, 0.2) is 0 Å². The van der Waals surface area contributed by atoms with Crippen LogP contribution in [0.25, 0.3) is 0 Å². The van der Waals surface area contributed by atoms with Gasteiger partial charge in [0.05, 0.1) is 29.2 Å². The molecule has 2 fully saturated rings. The molecule has 3 heterocycles. The first kappa shape index (κ1) is 16.5. The van der Waals surface area contributed by atoms with Crippen molar-refractivity contribution in [2.24, 2.45) is 11.8 Å². The predicted octanol–water partition coefficient (Wildman–Crippen LogP) is 0.761. The number of carbonyl (C=O) groups excluding carboxylic acids is 3. The van der Waals surface area contributed by atoms with E-state index in [1.54, 1.807) is 12.2 Å². The van der Waals surface area contributed by atoms with Crippen molar-refractivity contribution in [2.75, 3.05) is 11.5 Å². The molecule has 4 atom stereocenters. The molecule has 1 aromatic carbocycles. The molecule has 2 amide bonds. The van der Waals surface area contributed by atoms with Crippen molar-refractivity contribution in [1.82, 2.24) is 0 Å². The standard InChI is InChI=1S/C18H15NO7/c1-9(20)25-8-18-7-6-12(26-18)13-14(18)16(22)19(15(13)21)11-4-2-10(3-5-11)17(23)24/h2-7,12-14H,8H2,1H3,(H,23,24). The topological polar surface area (TPSA) is 110 Å². The number of anilines is 1. The lowest BCUT2D eigenvalue weighted by Crippen LogP contribution is -2.44. The average molecular weight is 357 g/mol. The summed E-state index contributed by atoms with van der Waals surface area (Å²) in [5, 5.41) is 8.98. The summed E-state index contributed by atoms with van der Waals surface area (Å²) in [6.45, 7) is 1.12. The van der Waals surface area contributed by atoms with Gasteiger partial charge in [-0.05, 0) is 30.3 Å². The number of carboxylic acid groups (broad SMARTS) is 1. The lowest BCUT2D eigenvalue weighted by Gasteiger charge is -2.28. The van der Waals surface area contributed by atoms with Crippen LogP contribution in [0.1, 0.15) is 17.3 Å². The van der Waals surface area contributed by atoms with E-state index in [1.807, 2.05) is 0 Å². The fraction of sp³-hybridized carbons (Fsp3) is 0.333. The average Bonchev–Trinajstić information content (AvgIpc) is 3.24. The van der Waals surface area contributed by atoms with Gasteiger partial charge in [-0.2, -0.15) is 0 Å². The number of carboxylic acids is 1. The maximum atomic E-state index is 13.0. The van der Waals surface area contributed by atoms with Crippen LogP contribution in [0.2, 0.25) is 0 Å². The molecule has 2 bridgehead atoms. The zero-order chi connectivity index (χ0) is 18.6. The summed E-state index contributed by atoms with van der Waals surface area (Å²) in [7, 11) is 0. The van der Waals surface area contributed by atoms with E-state index in [1.165, 1.54) is 31.2 Å². The van der Waals surface area contributed by atoms with E-state index in [0.29, 0.717) is 5.69 Å². The highest BCUT2D eigenvalue weighted by atomic mass is 16.6. The van der Waals surface area contributed by atoms with E-state index < -0.39 is 47.3 Å². The summed E-state index contributed by atoms with van der Waals surface area (Å²) in [5.41, 5.74) is -0.769. The summed E-state index contributed by atoms with van der Waals surface area (Å²) in [5.74, 6) is -3.89. The minimum atomic E-state index is -1.14. The SMILES string of the molecule is CC(=O)OCC12C=CC(O1)C1C(=O)N(c3ccc(C(=O)O)cc3)C(=O)C12. The summed E-state index contributed by atoms with van der Waals surface area (Å²) in [6, 6.07) is 5.53. The van der Waals surface area contributed by atoms with Gasteiger partial charge < -0.3 is 14.6 Å². The number of benzene rings is 1. The second kappa shape index (κ2) is 5.50. The number of aromatic carboxylic acids is 1. The van der Waals surface area contributed by atoms with Crippen molar-refractivity contribution >= 4 is 29.4 Å². The van der Waals surface area contributed by atoms with Crippen LogP contribution in [0, 0.1) is 11.8 Å². The Balaban J connectivity index is 1.66. The Morgan fingerprint density at radius 2 is 1.92 bits per heavy atom. The molecule has 8 nitrogen and oxygen atoms in total. The Bertz CT molecular complexity index is 859. The van der Waals surface area contributed by atoms with Crippen molar-refractivity contribution < 1.29 is 33.8 Å². The van der Waals surface area contributed by atoms with Crippen molar-refractivity contribution in [1.29, 1.82) is 0 Å². The van der Waals surface area contributed by atoms with Gasteiger partial charge in [0, 0.05) is 6.92 Å². The smallest absolute Gasteiger partial charge is 0.335 e. The van der Waals surface area contributed by atoms with Crippen molar-refractivity contribution in [3.63, 3.8) is 0 Å². The Kier molecular flexibility index (Phi) is 3.48. The highest BCUT2D eigenvalue weighted by Gasteiger charge is 2.68. The zero-order valence-electron chi connectivity index (χ0n) is 13.7. The van der Waals surface area contributed by atoms with Crippen LogP contribution in [0.15, 0.2) is 36.4 Å². The van der Waals surface area contributed by atoms with Crippen LogP contribution in [0.3, 0.4) is 0 Å².